The number of nitrogens with zero attached hydrogens (tertiary/aromatic N) is 1. The lowest BCUT2D eigenvalue weighted by Crippen LogP contribution is -2.52. The lowest BCUT2D eigenvalue weighted by molar-refractivity contribution is -0.156. The van der Waals surface area contributed by atoms with E-state index in [4.69, 9.17) is 5.11 Å². The predicted molar refractivity (Wildman–Crippen MR) is 61.1 cm³/mol. The molecule has 1 rings (SSSR count). The number of carboxylic acids is 1. The molecule has 0 saturated carbocycles. The second kappa shape index (κ2) is 4.85. The van der Waals surface area contributed by atoms with Gasteiger partial charge in [-0.3, -0.25) is 4.79 Å². The van der Waals surface area contributed by atoms with Gasteiger partial charge in [0, 0.05) is 12.0 Å². The Kier molecular flexibility index (Phi) is 3.94. The summed E-state index contributed by atoms with van der Waals surface area (Å²) in [5.41, 5.74) is -0.453. The molecule has 0 bridgehead atoms. The minimum absolute atomic E-state index is 0.0258. The van der Waals surface area contributed by atoms with E-state index in [2.05, 4.69) is 0 Å². The Morgan fingerprint density at radius 3 is 2.50 bits per heavy atom. The fraction of sp³-hybridized carbons (Fsp3) is 0.833. The third-order valence-electron chi connectivity index (χ3n) is 3.51. The first-order valence-corrected chi connectivity index (χ1v) is 5.94. The number of hydrogen-bond acceptors (Lipinski definition) is 2. The van der Waals surface area contributed by atoms with Crippen molar-refractivity contribution in [2.45, 2.75) is 52.5 Å². The van der Waals surface area contributed by atoms with Crippen LogP contribution in [0, 0.1) is 5.41 Å². The quantitative estimate of drug-likeness (QED) is 0.801. The average molecular weight is 227 g/mol. The second-order valence-electron chi connectivity index (χ2n) is 5.09. The lowest BCUT2D eigenvalue weighted by Gasteiger charge is -2.38. The molecule has 1 amide bonds. The minimum atomic E-state index is -0.875. The maximum atomic E-state index is 12.2. The Balaban J connectivity index is 2.83. The van der Waals surface area contributed by atoms with E-state index in [1.165, 1.54) is 0 Å². The van der Waals surface area contributed by atoms with Crippen LogP contribution < -0.4 is 0 Å². The first-order chi connectivity index (χ1) is 7.40. The first-order valence-electron chi connectivity index (χ1n) is 5.94. The van der Waals surface area contributed by atoms with E-state index < -0.39 is 17.4 Å². The van der Waals surface area contributed by atoms with Crippen LogP contribution in [0.1, 0.15) is 46.5 Å². The van der Waals surface area contributed by atoms with Gasteiger partial charge >= 0.3 is 5.97 Å². The van der Waals surface area contributed by atoms with Crippen molar-refractivity contribution in [1.82, 2.24) is 4.90 Å². The van der Waals surface area contributed by atoms with Gasteiger partial charge < -0.3 is 10.0 Å². The largest absolute Gasteiger partial charge is 0.480 e. The van der Waals surface area contributed by atoms with E-state index in [-0.39, 0.29) is 5.91 Å². The highest BCUT2D eigenvalue weighted by Gasteiger charge is 2.38. The van der Waals surface area contributed by atoms with Gasteiger partial charge in [-0.25, -0.2) is 4.79 Å². The van der Waals surface area contributed by atoms with E-state index in [9.17, 15) is 9.59 Å². The van der Waals surface area contributed by atoms with Crippen LogP contribution in [0.4, 0.5) is 0 Å². The van der Waals surface area contributed by atoms with Crippen LogP contribution in [-0.4, -0.2) is 34.5 Å². The van der Waals surface area contributed by atoms with Gasteiger partial charge in [-0.1, -0.05) is 20.8 Å². The third-order valence-corrected chi connectivity index (χ3v) is 3.51. The molecule has 4 nitrogen and oxygen atoms in total. The van der Waals surface area contributed by atoms with Crippen LogP contribution in [0.3, 0.4) is 0 Å². The van der Waals surface area contributed by atoms with E-state index in [0.717, 1.165) is 19.3 Å². The number of amides is 1. The summed E-state index contributed by atoms with van der Waals surface area (Å²) in [5, 5.41) is 9.10. The summed E-state index contributed by atoms with van der Waals surface area (Å²) in [6, 6.07) is -0.618. The summed E-state index contributed by atoms with van der Waals surface area (Å²) < 4.78 is 0. The highest BCUT2D eigenvalue weighted by atomic mass is 16.4. The molecule has 0 aromatic carbocycles. The smallest absolute Gasteiger partial charge is 0.326 e. The zero-order chi connectivity index (χ0) is 12.3. The van der Waals surface area contributed by atoms with Crippen LogP contribution in [-0.2, 0) is 9.59 Å². The molecule has 1 saturated heterocycles. The summed E-state index contributed by atoms with van der Waals surface area (Å²) in [6.07, 6.45) is 3.12. The number of hydrogen-bond donors (Lipinski definition) is 1. The number of carbonyl (C=O) groups is 2. The Hall–Kier alpha value is -1.06. The van der Waals surface area contributed by atoms with Crippen molar-refractivity contribution in [3.8, 4) is 0 Å². The average Bonchev–Trinajstić information content (AvgIpc) is 2.28. The summed E-state index contributed by atoms with van der Waals surface area (Å²) in [4.78, 5) is 24.9. The summed E-state index contributed by atoms with van der Waals surface area (Å²) in [6.45, 7) is 6.29. The SMILES string of the molecule is CCC(C)(C)C(=O)N1CCCC[C@@H]1C(=O)O. The molecular formula is C12H21NO3. The van der Waals surface area contributed by atoms with Crippen molar-refractivity contribution in [1.29, 1.82) is 0 Å². The van der Waals surface area contributed by atoms with E-state index in [1.807, 2.05) is 20.8 Å². The second-order valence-corrected chi connectivity index (χ2v) is 5.09. The first kappa shape index (κ1) is 13.0. The zero-order valence-corrected chi connectivity index (χ0v) is 10.3. The maximum absolute atomic E-state index is 12.2. The molecule has 0 unspecified atom stereocenters. The molecule has 1 heterocycles. The fourth-order valence-electron chi connectivity index (χ4n) is 1.97. The molecule has 0 aromatic heterocycles. The molecular weight excluding hydrogens is 206 g/mol. The molecule has 16 heavy (non-hydrogen) atoms. The van der Waals surface area contributed by atoms with Crippen molar-refractivity contribution in [3.05, 3.63) is 0 Å². The Labute approximate surface area is 96.6 Å². The molecule has 1 aliphatic rings. The lowest BCUT2D eigenvalue weighted by atomic mass is 9.86. The van der Waals surface area contributed by atoms with Gasteiger partial charge in [0.1, 0.15) is 6.04 Å². The molecule has 0 radical (unpaired) electrons. The Morgan fingerprint density at radius 1 is 1.38 bits per heavy atom. The van der Waals surface area contributed by atoms with E-state index in [1.54, 1.807) is 4.90 Å². The summed E-state index contributed by atoms with van der Waals surface area (Å²) >= 11 is 0. The summed E-state index contributed by atoms with van der Waals surface area (Å²) in [7, 11) is 0. The Bertz CT molecular complexity index is 286. The fourth-order valence-corrected chi connectivity index (χ4v) is 1.97. The van der Waals surface area contributed by atoms with Gasteiger partial charge in [0.25, 0.3) is 0 Å². The van der Waals surface area contributed by atoms with Gasteiger partial charge in [0.05, 0.1) is 0 Å². The van der Waals surface area contributed by atoms with E-state index in [0.29, 0.717) is 13.0 Å². The van der Waals surface area contributed by atoms with Gasteiger partial charge in [-0.2, -0.15) is 0 Å². The monoisotopic (exact) mass is 227 g/mol. The van der Waals surface area contributed by atoms with Crippen LogP contribution in [0.25, 0.3) is 0 Å². The van der Waals surface area contributed by atoms with Crippen molar-refractivity contribution in [2.24, 2.45) is 5.41 Å². The number of carbonyl (C=O) groups excluding carboxylic acids is 1. The van der Waals surface area contributed by atoms with Gasteiger partial charge in [-0.15, -0.1) is 0 Å². The topological polar surface area (TPSA) is 57.6 Å². The van der Waals surface area contributed by atoms with Crippen molar-refractivity contribution >= 4 is 11.9 Å². The minimum Gasteiger partial charge on any atom is -0.480 e. The number of rotatable bonds is 3. The molecule has 0 aliphatic carbocycles. The van der Waals surface area contributed by atoms with Crippen LogP contribution >= 0.6 is 0 Å². The van der Waals surface area contributed by atoms with Crippen LogP contribution in [0.2, 0.25) is 0 Å². The standard InChI is InChI=1S/C12H21NO3/c1-4-12(2,3)11(16)13-8-6-5-7-9(13)10(14)15/h9H,4-8H2,1-3H3,(H,14,15)/t9-/m1/s1. The molecule has 1 atom stereocenters. The molecule has 1 N–H and O–H groups in total. The van der Waals surface area contributed by atoms with Crippen LogP contribution in [0.5, 0.6) is 0 Å². The molecule has 0 spiro atoms. The molecule has 1 fully saturated rings. The number of aliphatic carboxylic acids is 1. The van der Waals surface area contributed by atoms with Gasteiger partial charge in [0.15, 0.2) is 0 Å². The normalized spacial score (nSPS) is 21.9. The molecule has 4 heteroatoms. The highest BCUT2D eigenvalue weighted by molar-refractivity contribution is 5.87. The Morgan fingerprint density at radius 2 is 2.00 bits per heavy atom. The maximum Gasteiger partial charge on any atom is 0.326 e. The van der Waals surface area contributed by atoms with E-state index >= 15 is 0 Å². The summed E-state index contributed by atoms with van der Waals surface area (Å²) in [5.74, 6) is -0.901. The highest BCUT2D eigenvalue weighted by Crippen LogP contribution is 2.27. The van der Waals surface area contributed by atoms with Crippen LogP contribution in [0.15, 0.2) is 0 Å². The van der Waals surface area contributed by atoms with Crippen molar-refractivity contribution < 1.29 is 14.7 Å². The van der Waals surface area contributed by atoms with Gasteiger partial charge in [0.2, 0.25) is 5.91 Å². The molecule has 0 aromatic rings. The molecule has 92 valence electrons. The molecule has 1 aliphatic heterocycles. The predicted octanol–water partition coefficient (Wildman–Crippen LogP) is 1.89. The number of piperidine rings is 1. The van der Waals surface area contributed by atoms with Crippen molar-refractivity contribution in [3.63, 3.8) is 0 Å². The van der Waals surface area contributed by atoms with Crippen molar-refractivity contribution in [2.75, 3.05) is 6.54 Å². The number of likely N-dealkylation sites (tertiary alicyclic amines) is 1. The zero-order valence-electron chi connectivity index (χ0n) is 10.3. The van der Waals surface area contributed by atoms with Gasteiger partial charge in [-0.05, 0) is 25.7 Å². The number of carboxylic acid groups (broad SMARTS) is 1. The third kappa shape index (κ3) is 2.54.